The molecule has 0 fully saturated rings. The molecule has 0 aliphatic heterocycles. The molecule has 0 bridgehead atoms. The van der Waals surface area contributed by atoms with Crippen LogP contribution in [0.15, 0.2) is 12.3 Å². The maximum Gasteiger partial charge on any atom is 0.244 e. The van der Waals surface area contributed by atoms with E-state index < -0.39 is 42.6 Å². The number of hydrogen-bond donors (Lipinski definition) is 8. The van der Waals surface area contributed by atoms with Gasteiger partial charge in [-0.25, -0.2) is 0 Å². The highest BCUT2D eigenvalue weighted by atomic mass is 35.5. The van der Waals surface area contributed by atoms with E-state index in [4.69, 9.17) is 11.5 Å². The molecule has 10 N–H and O–H groups in total. The maximum absolute atomic E-state index is 12.6. The summed E-state index contributed by atoms with van der Waals surface area (Å²) in [4.78, 5) is 37.6. The molecule has 322 valence electrons. The summed E-state index contributed by atoms with van der Waals surface area (Å²) in [6.07, 6.45) is 24.7. The Morgan fingerprint density at radius 2 is 0.870 bits per heavy atom. The Balaban J connectivity index is -0.0000130. The van der Waals surface area contributed by atoms with Crippen molar-refractivity contribution in [2.75, 3.05) is 49.3 Å². The van der Waals surface area contributed by atoms with Gasteiger partial charge in [-0.1, -0.05) is 136 Å². The van der Waals surface area contributed by atoms with E-state index in [9.17, 15) is 24.6 Å². The van der Waals surface area contributed by atoms with Gasteiger partial charge < -0.3 is 42.9 Å². The van der Waals surface area contributed by atoms with Crippen molar-refractivity contribution in [2.45, 2.75) is 166 Å². The molecule has 0 aromatic heterocycles. The normalized spacial score (nSPS) is 13.1. The van der Waals surface area contributed by atoms with Gasteiger partial charge in [0.1, 0.15) is 6.04 Å². The number of aliphatic hydroxyl groups excluding tert-OH is 2. The van der Waals surface area contributed by atoms with Crippen LogP contribution in [-0.2, 0) is 14.4 Å². The van der Waals surface area contributed by atoms with Crippen molar-refractivity contribution in [3.8, 4) is 0 Å². The lowest BCUT2D eigenvalue weighted by atomic mass is 10.1. The molecule has 0 saturated carbocycles. The number of rotatable bonds is 38. The Hall–Kier alpha value is -0.930. The van der Waals surface area contributed by atoms with Crippen molar-refractivity contribution in [2.24, 2.45) is 11.5 Å². The number of halogens is 2. The fourth-order valence-electron chi connectivity index (χ4n) is 5.62. The standard InChI is InChI=1S/C39H78N6O5S2.2ClH/c1-4-6-8-10-12-14-16-18-20-22-24-42-32(3)35(28-46)44-37(48)33(40)30-51-26-27-52-31-34(41)38(49)45-36(29-47)39(50)43-25-23-21-19-17-15-13-11-9-7-5-2;;/h33-36,42,46-47H,3-31,40-41H2,1-2H3,(H,43,50)(H,44,48)(H,45,49);2*1H. The first-order valence-electron chi connectivity index (χ1n) is 20.4. The molecule has 0 radical (unpaired) electrons. The van der Waals surface area contributed by atoms with Gasteiger partial charge in [0.15, 0.2) is 0 Å². The van der Waals surface area contributed by atoms with Crippen LogP contribution in [0.4, 0.5) is 0 Å². The molecule has 0 spiro atoms. The summed E-state index contributed by atoms with van der Waals surface area (Å²) in [7, 11) is 0. The summed E-state index contributed by atoms with van der Waals surface area (Å²) in [6, 6.07) is -3.19. The van der Waals surface area contributed by atoms with Gasteiger partial charge in [-0.2, -0.15) is 23.5 Å². The smallest absolute Gasteiger partial charge is 0.244 e. The Bertz CT molecular complexity index is 846. The molecular formula is C39H80Cl2N6O5S2. The van der Waals surface area contributed by atoms with Crippen molar-refractivity contribution < 1.29 is 24.6 Å². The number of hydrogen-bond acceptors (Lipinski definition) is 10. The van der Waals surface area contributed by atoms with Gasteiger partial charge >= 0.3 is 0 Å². The first-order valence-corrected chi connectivity index (χ1v) is 22.7. The monoisotopic (exact) mass is 847 g/mol. The number of thioether (sulfide) groups is 2. The zero-order chi connectivity index (χ0) is 38.7. The lowest BCUT2D eigenvalue weighted by Gasteiger charge is -2.22. The third-order valence-electron chi connectivity index (χ3n) is 9.09. The molecule has 0 aliphatic rings. The van der Waals surface area contributed by atoms with Crippen molar-refractivity contribution >= 4 is 66.1 Å². The van der Waals surface area contributed by atoms with Gasteiger partial charge in [-0.05, 0) is 12.8 Å². The number of unbranched alkanes of at least 4 members (excludes halogenated alkanes) is 18. The Kier molecular flexibility index (Phi) is 44.3. The van der Waals surface area contributed by atoms with Crippen LogP contribution >= 0.6 is 48.3 Å². The Morgan fingerprint density at radius 3 is 1.24 bits per heavy atom. The molecule has 4 unspecified atom stereocenters. The molecule has 0 rings (SSSR count). The van der Waals surface area contributed by atoms with Crippen LogP contribution in [-0.4, -0.2) is 101 Å². The fourth-order valence-corrected chi connectivity index (χ4v) is 7.70. The number of carbonyl (C=O) groups excluding carboxylic acids is 3. The minimum atomic E-state index is -1.03. The van der Waals surface area contributed by atoms with Gasteiger partial charge in [0.05, 0.1) is 31.3 Å². The van der Waals surface area contributed by atoms with Crippen molar-refractivity contribution in [3.63, 3.8) is 0 Å². The molecule has 0 aromatic rings. The van der Waals surface area contributed by atoms with Crippen LogP contribution in [0.25, 0.3) is 0 Å². The van der Waals surface area contributed by atoms with Gasteiger partial charge in [0, 0.05) is 41.8 Å². The number of nitrogens with one attached hydrogen (secondary N) is 4. The van der Waals surface area contributed by atoms with Crippen LogP contribution in [0.1, 0.15) is 142 Å². The summed E-state index contributed by atoms with van der Waals surface area (Å²) >= 11 is 3.02. The summed E-state index contributed by atoms with van der Waals surface area (Å²) < 4.78 is 0. The summed E-state index contributed by atoms with van der Waals surface area (Å²) in [6.45, 7) is 8.98. The number of amides is 3. The van der Waals surface area contributed by atoms with Crippen LogP contribution in [0.2, 0.25) is 0 Å². The minimum absolute atomic E-state index is 0. The van der Waals surface area contributed by atoms with Crippen LogP contribution in [0.3, 0.4) is 0 Å². The van der Waals surface area contributed by atoms with Gasteiger partial charge in [0.2, 0.25) is 17.7 Å². The molecule has 3 amide bonds. The molecule has 11 nitrogen and oxygen atoms in total. The molecule has 15 heteroatoms. The van der Waals surface area contributed by atoms with Gasteiger partial charge in [-0.15, -0.1) is 24.8 Å². The average molecular weight is 848 g/mol. The second kappa shape index (κ2) is 41.7. The first kappa shape index (κ1) is 57.4. The Morgan fingerprint density at radius 1 is 0.537 bits per heavy atom. The lowest BCUT2D eigenvalue weighted by Crippen LogP contribution is -2.53. The van der Waals surface area contributed by atoms with Gasteiger partial charge in [0.25, 0.3) is 0 Å². The van der Waals surface area contributed by atoms with E-state index in [1.807, 2.05) is 0 Å². The van der Waals surface area contributed by atoms with Crippen molar-refractivity contribution in [1.82, 2.24) is 21.3 Å². The second-order valence-corrected chi connectivity index (χ2v) is 16.3. The van der Waals surface area contributed by atoms with E-state index >= 15 is 0 Å². The van der Waals surface area contributed by atoms with Crippen LogP contribution < -0.4 is 32.7 Å². The summed E-state index contributed by atoms with van der Waals surface area (Å²) in [5.41, 5.74) is 12.7. The fraction of sp³-hybridized carbons (Fsp3) is 0.872. The van der Waals surface area contributed by atoms with E-state index in [0.717, 1.165) is 38.6 Å². The third kappa shape index (κ3) is 33.2. The van der Waals surface area contributed by atoms with Crippen LogP contribution in [0, 0.1) is 0 Å². The molecule has 0 heterocycles. The van der Waals surface area contributed by atoms with E-state index in [0.29, 0.717) is 35.3 Å². The van der Waals surface area contributed by atoms with Crippen molar-refractivity contribution in [1.29, 1.82) is 0 Å². The molecule has 54 heavy (non-hydrogen) atoms. The van der Waals surface area contributed by atoms with E-state index in [1.54, 1.807) is 0 Å². The quantitative estimate of drug-likeness (QED) is 0.0344. The lowest BCUT2D eigenvalue weighted by molar-refractivity contribution is -0.130. The molecule has 0 aromatic carbocycles. The molecular weight excluding hydrogens is 768 g/mol. The predicted molar refractivity (Wildman–Crippen MR) is 237 cm³/mol. The number of nitrogens with two attached hydrogens (primary N) is 2. The zero-order valence-corrected chi connectivity index (χ0v) is 37.0. The molecule has 0 aliphatic carbocycles. The first-order chi connectivity index (χ1) is 25.2. The topological polar surface area (TPSA) is 192 Å². The van der Waals surface area contributed by atoms with Crippen molar-refractivity contribution in [3.05, 3.63) is 12.3 Å². The highest BCUT2D eigenvalue weighted by Crippen LogP contribution is 2.12. The largest absolute Gasteiger partial charge is 0.394 e. The summed E-state index contributed by atoms with van der Waals surface area (Å²) in [5.74, 6) is 0.930. The minimum Gasteiger partial charge on any atom is -0.394 e. The number of carbonyl (C=O) groups is 3. The van der Waals surface area contributed by atoms with Gasteiger partial charge in [-0.3, -0.25) is 14.4 Å². The summed E-state index contributed by atoms with van der Waals surface area (Å²) in [5, 5.41) is 30.9. The number of aliphatic hydroxyl groups is 2. The zero-order valence-electron chi connectivity index (χ0n) is 33.7. The third-order valence-corrected chi connectivity index (χ3v) is 11.5. The van der Waals surface area contributed by atoms with E-state index in [2.05, 4.69) is 41.7 Å². The second-order valence-electron chi connectivity index (χ2n) is 14.0. The highest BCUT2D eigenvalue weighted by molar-refractivity contribution is 8.03. The Labute approximate surface area is 349 Å². The highest BCUT2D eigenvalue weighted by Gasteiger charge is 2.23. The van der Waals surface area contributed by atoms with E-state index in [-0.39, 0.29) is 37.3 Å². The maximum atomic E-state index is 12.6. The molecule has 4 atom stereocenters. The average Bonchev–Trinajstić information content (AvgIpc) is 3.14. The van der Waals surface area contributed by atoms with Crippen LogP contribution in [0.5, 0.6) is 0 Å². The SMILES string of the molecule is C=C(NCCCCCCCCCCCC)C(CO)NC(=O)C(N)CSCCSCC(N)C(=O)NC(CO)C(=O)NCCCCCCCCCCCC.Cl.Cl. The van der Waals surface area contributed by atoms with E-state index in [1.165, 1.54) is 120 Å². The molecule has 0 saturated heterocycles. The predicted octanol–water partition coefficient (Wildman–Crippen LogP) is 5.97.